The zero-order valence-corrected chi connectivity index (χ0v) is 15.4. The van der Waals surface area contributed by atoms with Gasteiger partial charge >= 0.3 is 6.16 Å². The van der Waals surface area contributed by atoms with Crippen molar-refractivity contribution in [1.82, 2.24) is 24.5 Å². The number of hydrogen-bond donors (Lipinski definition) is 2. The Labute approximate surface area is 159 Å². The fourth-order valence-electron chi connectivity index (χ4n) is 2.82. The second-order valence-electron chi connectivity index (χ2n) is 6.28. The molecule has 1 fully saturated rings. The summed E-state index contributed by atoms with van der Waals surface area (Å²) in [5.74, 6) is 0.505. The number of aromatic nitrogens is 5. The predicted octanol–water partition coefficient (Wildman–Crippen LogP) is 1.12. The molecule has 0 aliphatic carbocycles. The summed E-state index contributed by atoms with van der Waals surface area (Å²) in [6.07, 6.45) is 0.696. The molecule has 0 amide bonds. The zero-order chi connectivity index (χ0) is 19.7. The van der Waals surface area contributed by atoms with Crippen LogP contribution < -0.4 is 15.8 Å². The van der Waals surface area contributed by atoms with Gasteiger partial charge in [-0.05, 0) is 18.6 Å². The second kappa shape index (κ2) is 7.18. The van der Waals surface area contributed by atoms with Crippen LogP contribution >= 0.6 is 0 Å². The monoisotopic (exact) mass is 385 g/mol. The quantitative estimate of drug-likeness (QED) is 0.593. The number of cyclic esters (lactones) is 2. The Kier molecular flexibility index (Phi) is 4.55. The number of hydrogen-bond acceptors (Lipinski definition) is 10. The minimum atomic E-state index is -0.683. The van der Waals surface area contributed by atoms with E-state index in [-0.39, 0.29) is 12.4 Å². The van der Waals surface area contributed by atoms with Gasteiger partial charge in [0.1, 0.15) is 6.61 Å². The standard InChI is InChI=1S/C17H19N7O4/c1-9-3-4-10(5-19-9)7-24-14-12(21-16(24)26-2)13(18)22-15(23-14)20-6-11-8-27-17(25)28-11/h3-5,11H,6-8H2,1-2H3,(H3,18,20,22,23). The summed E-state index contributed by atoms with van der Waals surface area (Å²) in [7, 11) is 1.53. The minimum absolute atomic E-state index is 0.176. The summed E-state index contributed by atoms with van der Waals surface area (Å²) in [6, 6.07) is 4.28. The Morgan fingerprint density at radius 3 is 2.89 bits per heavy atom. The van der Waals surface area contributed by atoms with Gasteiger partial charge in [0, 0.05) is 11.9 Å². The first-order chi connectivity index (χ1) is 13.5. The van der Waals surface area contributed by atoms with Crippen LogP contribution in [0.25, 0.3) is 11.2 Å². The number of carbonyl (C=O) groups is 1. The number of nitrogen functional groups attached to an aromatic ring is 1. The third-order valence-corrected chi connectivity index (χ3v) is 4.22. The molecule has 1 aliphatic rings. The number of fused-ring (bicyclic) bond motifs is 1. The Morgan fingerprint density at radius 2 is 2.21 bits per heavy atom. The lowest BCUT2D eigenvalue weighted by molar-refractivity contribution is 0.120. The lowest BCUT2D eigenvalue weighted by atomic mass is 10.2. The molecule has 1 saturated heterocycles. The molecule has 0 radical (unpaired) electrons. The van der Waals surface area contributed by atoms with Crippen molar-refractivity contribution in [2.45, 2.75) is 19.6 Å². The number of aryl methyl sites for hydroxylation is 1. The summed E-state index contributed by atoms with van der Waals surface area (Å²) < 4.78 is 16.9. The molecule has 1 aliphatic heterocycles. The topological polar surface area (TPSA) is 139 Å². The number of nitrogens with one attached hydrogen (secondary N) is 1. The number of methoxy groups -OCH3 is 1. The fraction of sp³-hybridized carbons (Fsp3) is 0.353. The van der Waals surface area contributed by atoms with E-state index in [0.29, 0.717) is 36.2 Å². The van der Waals surface area contributed by atoms with E-state index in [0.717, 1.165) is 11.3 Å². The van der Waals surface area contributed by atoms with Crippen LogP contribution in [0.5, 0.6) is 6.01 Å². The molecule has 28 heavy (non-hydrogen) atoms. The van der Waals surface area contributed by atoms with Crippen molar-refractivity contribution in [2.75, 3.05) is 31.3 Å². The van der Waals surface area contributed by atoms with Crippen LogP contribution in [-0.4, -0.2) is 57.0 Å². The number of pyridine rings is 1. The van der Waals surface area contributed by atoms with Crippen molar-refractivity contribution in [2.24, 2.45) is 0 Å². The molecule has 11 heteroatoms. The van der Waals surface area contributed by atoms with E-state index in [2.05, 4.69) is 25.3 Å². The minimum Gasteiger partial charge on any atom is -0.468 e. The molecule has 0 bridgehead atoms. The highest BCUT2D eigenvalue weighted by molar-refractivity contribution is 5.84. The van der Waals surface area contributed by atoms with Gasteiger partial charge in [0.05, 0.1) is 20.2 Å². The summed E-state index contributed by atoms with van der Waals surface area (Å²) in [6.45, 7) is 2.85. The first kappa shape index (κ1) is 17.8. The van der Waals surface area contributed by atoms with Gasteiger partial charge in [0.15, 0.2) is 23.1 Å². The van der Waals surface area contributed by atoms with Gasteiger partial charge in [0.2, 0.25) is 5.95 Å². The van der Waals surface area contributed by atoms with Gasteiger partial charge in [-0.3, -0.25) is 9.55 Å². The van der Waals surface area contributed by atoms with E-state index in [9.17, 15) is 4.79 Å². The van der Waals surface area contributed by atoms with Gasteiger partial charge in [-0.1, -0.05) is 6.07 Å². The molecule has 4 heterocycles. The van der Waals surface area contributed by atoms with E-state index in [1.54, 1.807) is 10.8 Å². The van der Waals surface area contributed by atoms with Gasteiger partial charge in [0.25, 0.3) is 6.01 Å². The molecule has 0 spiro atoms. The molecule has 11 nitrogen and oxygen atoms in total. The summed E-state index contributed by atoms with van der Waals surface area (Å²) in [5, 5.41) is 3.01. The number of nitrogens with zero attached hydrogens (tertiary/aromatic N) is 5. The summed E-state index contributed by atoms with van der Waals surface area (Å²) >= 11 is 0. The highest BCUT2D eigenvalue weighted by Crippen LogP contribution is 2.25. The van der Waals surface area contributed by atoms with E-state index < -0.39 is 12.3 Å². The van der Waals surface area contributed by atoms with Crippen LogP contribution in [0.2, 0.25) is 0 Å². The maximum atomic E-state index is 11.0. The number of nitrogens with two attached hydrogens (primary N) is 1. The molecule has 1 atom stereocenters. The van der Waals surface area contributed by atoms with E-state index in [1.807, 2.05) is 19.1 Å². The van der Waals surface area contributed by atoms with Crippen molar-refractivity contribution < 1.29 is 19.0 Å². The maximum Gasteiger partial charge on any atom is 0.508 e. The Hall–Kier alpha value is -3.63. The van der Waals surface area contributed by atoms with Crippen molar-refractivity contribution in [3.05, 3.63) is 29.6 Å². The van der Waals surface area contributed by atoms with E-state index in [1.165, 1.54) is 7.11 Å². The molecule has 3 N–H and O–H groups in total. The number of imidazole rings is 1. The van der Waals surface area contributed by atoms with Crippen molar-refractivity contribution in [3.8, 4) is 6.01 Å². The van der Waals surface area contributed by atoms with Gasteiger partial charge in [-0.2, -0.15) is 15.0 Å². The van der Waals surface area contributed by atoms with Gasteiger partial charge in [-0.25, -0.2) is 4.79 Å². The molecule has 0 aromatic carbocycles. The third kappa shape index (κ3) is 3.46. The Morgan fingerprint density at radius 1 is 1.36 bits per heavy atom. The molecule has 146 valence electrons. The summed E-state index contributed by atoms with van der Waals surface area (Å²) in [4.78, 5) is 28.4. The lowest BCUT2D eigenvalue weighted by Crippen LogP contribution is -2.23. The molecule has 4 rings (SSSR count). The maximum absolute atomic E-state index is 11.0. The van der Waals surface area contributed by atoms with Crippen LogP contribution in [0.15, 0.2) is 18.3 Å². The highest BCUT2D eigenvalue weighted by atomic mass is 16.8. The normalized spacial score (nSPS) is 16.1. The van der Waals surface area contributed by atoms with Crippen LogP contribution in [0, 0.1) is 6.92 Å². The first-order valence-electron chi connectivity index (χ1n) is 8.60. The second-order valence-corrected chi connectivity index (χ2v) is 6.28. The number of carbonyl (C=O) groups excluding carboxylic acids is 1. The van der Waals surface area contributed by atoms with Crippen LogP contribution in [0.4, 0.5) is 16.6 Å². The third-order valence-electron chi connectivity index (χ3n) is 4.22. The van der Waals surface area contributed by atoms with Crippen LogP contribution in [-0.2, 0) is 16.0 Å². The highest BCUT2D eigenvalue weighted by Gasteiger charge is 2.25. The van der Waals surface area contributed by atoms with Crippen molar-refractivity contribution >= 4 is 29.1 Å². The molecular weight excluding hydrogens is 366 g/mol. The first-order valence-corrected chi connectivity index (χ1v) is 8.60. The van der Waals surface area contributed by atoms with Gasteiger partial charge in [-0.15, -0.1) is 0 Å². The lowest BCUT2D eigenvalue weighted by Gasteiger charge is -2.10. The Balaban J connectivity index is 1.64. The molecular formula is C17H19N7O4. The number of rotatable bonds is 6. The SMILES string of the molecule is COc1nc2c(N)nc(NCC3COC(=O)O3)nc2n1Cc1ccc(C)nc1. The number of anilines is 2. The average molecular weight is 385 g/mol. The van der Waals surface area contributed by atoms with Crippen molar-refractivity contribution in [3.63, 3.8) is 0 Å². The van der Waals surface area contributed by atoms with Crippen LogP contribution in [0.1, 0.15) is 11.3 Å². The largest absolute Gasteiger partial charge is 0.508 e. The molecule has 3 aromatic rings. The predicted molar refractivity (Wildman–Crippen MR) is 99.1 cm³/mol. The Bertz CT molecular complexity index is 1020. The van der Waals surface area contributed by atoms with E-state index in [4.69, 9.17) is 19.9 Å². The zero-order valence-electron chi connectivity index (χ0n) is 15.4. The number of ether oxygens (including phenoxy) is 3. The summed E-state index contributed by atoms with van der Waals surface area (Å²) in [5.41, 5.74) is 8.93. The fourth-order valence-corrected chi connectivity index (χ4v) is 2.82. The van der Waals surface area contributed by atoms with Gasteiger partial charge < -0.3 is 25.3 Å². The molecule has 1 unspecified atom stereocenters. The molecule has 3 aromatic heterocycles. The van der Waals surface area contributed by atoms with Crippen LogP contribution in [0.3, 0.4) is 0 Å². The smallest absolute Gasteiger partial charge is 0.468 e. The van der Waals surface area contributed by atoms with Crippen molar-refractivity contribution in [1.29, 1.82) is 0 Å². The average Bonchev–Trinajstić information content (AvgIpc) is 3.26. The molecule has 0 saturated carbocycles. The van der Waals surface area contributed by atoms with E-state index >= 15 is 0 Å².